The van der Waals surface area contributed by atoms with Crippen LogP contribution in [-0.4, -0.2) is 34.1 Å². The molecule has 5 nitrogen and oxygen atoms in total. The van der Waals surface area contributed by atoms with Crippen molar-refractivity contribution >= 4 is 11.8 Å². The highest BCUT2D eigenvalue weighted by Gasteiger charge is 2.20. The lowest BCUT2D eigenvalue weighted by molar-refractivity contribution is 0.520. The normalized spacial score (nSPS) is 16.0. The van der Waals surface area contributed by atoms with Gasteiger partial charge in [0, 0.05) is 36.7 Å². The number of nitrogens with one attached hydrogen (secondary N) is 1. The molecule has 0 unspecified atom stereocenters. The fourth-order valence-corrected chi connectivity index (χ4v) is 2.66. The van der Waals surface area contributed by atoms with E-state index in [0.29, 0.717) is 6.04 Å². The van der Waals surface area contributed by atoms with Crippen LogP contribution in [0.4, 0.5) is 11.8 Å². The largest absolute Gasteiger partial charge is 0.356 e. The number of nitrogens with zero attached hydrogens (tertiary/aromatic N) is 4. The maximum atomic E-state index is 4.60. The number of rotatable bonds is 3. The molecule has 0 aromatic carbocycles. The first-order valence-electron chi connectivity index (χ1n) is 7.45. The summed E-state index contributed by atoms with van der Waals surface area (Å²) >= 11 is 0. The Labute approximate surface area is 125 Å². The Morgan fingerprint density at radius 1 is 1.05 bits per heavy atom. The van der Waals surface area contributed by atoms with Gasteiger partial charge < -0.3 is 10.2 Å². The van der Waals surface area contributed by atoms with E-state index in [1.54, 1.807) is 6.20 Å². The van der Waals surface area contributed by atoms with Crippen LogP contribution in [0.3, 0.4) is 0 Å². The minimum absolute atomic E-state index is 0.438. The highest BCUT2D eigenvalue weighted by atomic mass is 15.2. The van der Waals surface area contributed by atoms with Gasteiger partial charge in [-0.15, -0.1) is 0 Å². The summed E-state index contributed by atoms with van der Waals surface area (Å²) in [6, 6.07) is 8.55. The summed E-state index contributed by atoms with van der Waals surface area (Å²) in [5, 5.41) is 3.44. The number of piperidine rings is 1. The maximum absolute atomic E-state index is 4.60. The van der Waals surface area contributed by atoms with E-state index in [9.17, 15) is 0 Å². The van der Waals surface area contributed by atoms with Crippen LogP contribution in [0.25, 0.3) is 0 Å². The fourth-order valence-electron chi connectivity index (χ4n) is 2.66. The Morgan fingerprint density at radius 3 is 2.52 bits per heavy atom. The number of hydrogen-bond acceptors (Lipinski definition) is 5. The molecule has 110 valence electrons. The summed E-state index contributed by atoms with van der Waals surface area (Å²) < 4.78 is 0. The molecule has 0 atom stereocenters. The van der Waals surface area contributed by atoms with E-state index < -0.39 is 0 Å². The molecule has 0 bridgehead atoms. The molecule has 1 aliphatic heterocycles. The van der Waals surface area contributed by atoms with E-state index in [1.165, 1.54) is 0 Å². The predicted octanol–water partition coefficient (Wildman–Crippen LogP) is 2.57. The van der Waals surface area contributed by atoms with Crippen molar-refractivity contribution in [2.45, 2.75) is 32.7 Å². The monoisotopic (exact) mass is 283 g/mol. The summed E-state index contributed by atoms with van der Waals surface area (Å²) in [5.74, 6) is 1.82. The third-order valence-corrected chi connectivity index (χ3v) is 3.82. The first-order valence-corrected chi connectivity index (χ1v) is 7.45. The van der Waals surface area contributed by atoms with Crippen LogP contribution in [0.15, 0.2) is 30.5 Å². The summed E-state index contributed by atoms with van der Waals surface area (Å²) in [5.41, 5.74) is 2.06. The van der Waals surface area contributed by atoms with E-state index in [-0.39, 0.29) is 0 Å². The second kappa shape index (κ2) is 6.08. The third-order valence-electron chi connectivity index (χ3n) is 3.82. The molecule has 0 aliphatic carbocycles. The summed E-state index contributed by atoms with van der Waals surface area (Å²) in [6.07, 6.45) is 3.95. The number of pyridine rings is 1. The summed E-state index contributed by atoms with van der Waals surface area (Å²) in [6.45, 7) is 6.05. The van der Waals surface area contributed by atoms with Crippen molar-refractivity contribution in [2.75, 3.05) is 23.3 Å². The van der Waals surface area contributed by atoms with Crippen LogP contribution in [0, 0.1) is 13.8 Å². The van der Waals surface area contributed by atoms with Gasteiger partial charge in [-0.1, -0.05) is 6.07 Å². The molecule has 2 aromatic heterocycles. The molecule has 0 spiro atoms. The minimum atomic E-state index is 0.438. The van der Waals surface area contributed by atoms with Crippen LogP contribution in [-0.2, 0) is 0 Å². The van der Waals surface area contributed by atoms with Crippen molar-refractivity contribution in [3.8, 4) is 0 Å². The Morgan fingerprint density at radius 2 is 1.81 bits per heavy atom. The van der Waals surface area contributed by atoms with Crippen molar-refractivity contribution < 1.29 is 0 Å². The van der Waals surface area contributed by atoms with Gasteiger partial charge in [-0.3, -0.25) is 0 Å². The number of aryl methyl sites for hydroxylation is 2. The topological polar surface area (TPSA) is 53.9 Å². The molecule has 3 rings (SSSR count). The number of aromatic nitrogens is 3. The molecule has 0 saturated carbocycles. The molecular weight excluding hydrogens is 262 g/mol. The average molecular weight is 283 g/mol. The second-order valence-corrected chi connectivity index (χ2v) is 5.56. The van der Waals surface area contributed by atoms with Crippen LogP contribution in [0.1, 0.15) is 24.2 Å². The van der Waals surface area contributed by atoms with E-state index in [0.717, 1.165) is 49.1 Å². The number of hydrogen-bond donors (Lipinski definition) is 1. The quantitative estimate of drug-likeness (QED) is 0.938. The van der Waals surface area contributed by atoms with Crippen molar-refractivity contribution in [1.29, 1.82) is 0 Å². The lowest BCUT2D eigenvalue weighted by atomic mass is 10.1. The van der Waals surface area contributed by atoms with Crippen molar-refractivity contribution in [3.63, 3.8) is 0 Å². The fraction of sp³-hybridized carbons (Fsp3) is 0.438. The van der Waals surface area contributed by atoms with E-state index in [1.807, 2.05) is 26.0 Å². The highest BCUT2D eigenvalue weighted by molar-refractivity contribution is 5.40. The molecule has 2 aromatic rings. The molecule has 1 aliphatic rings. The standard InChI is InChI=1S/C16H21N5/c1-12-4-3-5-15(18-12)21-10-7-14(8-11-21)20-16-17-9-6-13(2)19-16/h3-6,9,14H,7-8,10-11H2,1-2H3,(H,17,19,20). The van der Waals surface area contributed by atoms with E-state index in [4.69, 9.17) is 0 Å². The second-order valence-electron chi connectivity index (χ2n) is 5.56. The molecule has 1 saturated heterocycles. The molecule has 1 N–H and O–H groups in total. The van der Waals surface area contributed by atoms with Gasteiger partial charge in [-0.05, 0) is 44.9 Å². The first kappa shape index (κ1) is 13.8. The Kier molecular flexibility index (Phi) is 3.99. The zero-order valence-electron chi connectivity index (χ0n) is 12.6. The van der Waals surface area contributed by atoms with Crippen molar-refractivity contribution in [2.24, 2.45) is 0 Å². The number of anilines is 2. The lowest BCUT2D eigenvalue weighted by Gasteiger charge is -2.33. The van der Waals surface area contributed by atoms with Gasteiger partial charge in [-0.2, -0.15) is 0 Å². The Balaban J connectivity index is 1.58. The van der Waals surface area contributed by atoms with Gasteiger partial charge in [0.1, 0.15) is 5.82 Å². The minimum Gasteiger partial charge on any atom is -0.356 e. The summed E-state index contributed by atoms with van der Waals surface area (Å²) in [7, 11) is 0. The zero-order valence-corrected chi connectivity index (χ0v) is 12.6. The van der Waals surface area contributed by atoms with Gasteiger partial charge in [0.05, 0.1) is 0 Å². The Bertz CT molecular complexity index is 605. The first-order chi connectivity index (χ1) is 10.2. The zero-order chi connectivity index (χ0) is 14.7. The molecular formula is C16H21N5. The smallest absolute Gasteiger partial charge is 0.223 e. The Hall–Kier alpha value is -2.17. The predicted molar refractivity (Wildman–Crippen MR) is 84.6 cm³/mol. The summed E-state index contributed by atoms with van der Waals surface area (Å²) in [4.78, 5) is 15.6. The molecule has 3 heterocycles. The third kappa shape index (κ3) is 3.48. The van der Waals surface area contributed by atoms with Crippen LogP contribution in [0.5, 0.6) is 0 Å². The van der Waals surface area contributed by atoms with Gasteiger partial charge in [-0.25, -0.2) is 15.0 Å². The van der Waals surface area contributed by atoms with Gasteiger partial charge in [0.25, 0.3) is 0 Å². The van der Waals surface area contributed by atoms with E-state index in [2.05, 4.69) is 37.3 Å². The van der Waals surface area contributed by atoms with Crippen LogP contribution in [0.2, 0.25) is 0 Å². The van der Waals surface area contributed by atoms with Gasteiger partial charge >= 0.3 is 0 Å². The maximum Gasteiger partial charge on any atom is 0.223 e. The molecule has 0 radical (unpaired) electrons. The molecule has 21 heavy (non-hydrogen) atoms. The van der Waals surface area contributed by atoms with Gasteiger partial charge in [0.15, 0.2) is 0 Å². The van der Waals surface area contributed by atoms with E-state index >= 15 is 0 Å². The van der Waals surface area contributed by atoms with Crippen molar-refractivity contribution in [1.82, 2.24) is 15.0 Å². The van der Waals surface area contributed by atoms with Crippen LogP contribution < -0.4 is 10.2 Å². The average Bonchev–Trinajstić information content (AvgIpc) is 2.48. The highest BCUT2D eigenvalue weighted by Crippen LogP contribution is 2.19. The van der Waals surface area contributed by atoms with Gasteiger partial charge in [0.2, 0.25) is 5.95 Å². The lowest BCUT2D eigenvalue weighted by Crippen LogP contribution is -2.39. The molecule has 1 fully saturated rings. The molecule has 5 heteroatoms. The molecule has 0 amide bonds. The van der Waals surface area contributed by atoms with Crippen LogP contribution >= 0.6 is 0 Å². The SMILES string of the molecule is Cc1cccc(N2CCC(Nc3nccc(C)n3)CC2)n1. The van der Waals surface area contributed by atoms with Crippen molar-refractivity contribution in [3.05, 3.63) is 41.9 Å².